The zero-order chi connectivity index (χ0) is 18.4. The molecular formula is C23H14N2O. The first-order chi connectivity index (χ1) is 12.8. The summed E-state index contributed by atoms with van der Waals surface area (Å²) >= 11 is 0. The number of benzene rings is 3. The molecule has 0 unspecified atom stereocenters. The van der Waals surface area contributed by atoms with Crippen LogP contribution in [0.25, 0.3) is 22.4 Å². The Morgan fingerprint density at radius 3 is 2.65 bits per heavy atom. The minimum atomic E-state index is 0.144. The average Bonchev–Trinajstić information content (AvgIpc) is 2.70. The van der Waals surface area contributed by atoms with Gasteiger partial charge in [-0.2, -0.15) is 10.5 Å². The molecule has 3 aromatic carbocycles. The number of allylic oxidation sites excluding steroid dienone is 1. The van der Waals surface area contributed by atoms with Crippen LogP contribution in [0.2, 0.25) is 0 Å². The number of nitrogens with zero attached hydrogens (tertiary/aromatic N) is 2. The summed E-state index contributed by atoms with van der Waals surface area (Å²) in [7, 11) is 0. The van der Waals surface area contributed by atoms with Gasteiger partial charge in [0.2, 0.25) is 0 Å². The Bertz CT molecular complexity index is 1120. The van der Waals surface area contributed by atoms with Crippen molar-refractivity contribution in [3.8, 4) is 30.2 Å². The lowest BCUT2D eigenvalue weighted by atomic mass is 9.98. The first kappa shape index (κ1) is 16.8. The van der Waals surface area contributed by atoms with E-state index in [1.807, 2.05) is 42.5 Å². The zero-order valence-corrected chi connectivity index (χ0v) is 13.9. The fourth-order valence-electron chi connectivity index (χ4n) is 2.75. The molecule has 0 bridgehead atoms. The van der Waals surface area contributed by atoms with E-state index in [4.69, 9.17) is 16.4 Å². The molecule has 0 saturated carbocycles. The fraction of sp³-hybridized carbons (Fsp3) is 0.0435. The Kier molecular flexibility index (Phi) is 5.00. The van der Waals surface area contributed by atoms with E-state index in [1.54, 1.807) is 24.3 Å². The van der Waals surface area contributed by atoms with Crippen molar-refractivity contribution in [1.82, 2.24) is 0 Å². The molecule has 3 rings (SSSR count). The van der Waals surface area contributed by atoms with Crippen LogP contribution in [-0.4, -0.2) is 6.61 Å². The summed E-state index contributed by atoms with van der Waals surface area (Å²) in [5.74, 6) is 3.08. The van der Waals surface area contributed by atoms with Gasteiger partial charge in [-0.25, -0.2) is 0 Å². The van der Waals surface area contributed by atoms with Crippen molar-refractivity contribution in [1.29, 1.82) is 10.5 Å². The Morgan fingerprint density at radius 1 is 1.04 bits per heavy atom. The number of nitriles is 2. The van der Waals surface area contributed by atoms with Crippen LogP contribution in [0.5, 0.6) is 5.75 Å². The molecule has 0 radical (unpaired) electrons. The first-order valence-corrected chi connectivity index (χ1v) is 7.97. The van der Waals surface area contributed by atoms with Gasteiger partial charge in [0.1, 0.15) is 12.4 Å². The second-order valence-corrected chi connectivity index (χ2v) is 5.55. The molecule has 0 aliphatic carbocycles. The fourth-order valence-corrected chi connectivity index (χ4v) is 2.75. The van der Waals surface area contributed by atoms with Crippen molar-refractivity contribution in [2.24, 2.45) is 0 Å². The highest BCUT2D eigenvalue weighted by Crippen LogP contribution is 2.32. The summed E-state index contributed by atoms with van der Waals surface area (Å²) in [5.41, 5.74) is 2.43. The third-order valence-corrected chi connectivity index (χ3v) is 3.95. The molecule has 3 nitrogen and oxygen atoms in total. The predicted octanol–water partition coefficient (Wildman–Crippen LogP) is 4.79. The third-order valence-electron chi connectivity index (χ3n) is 3.95. The standard InChI is InChI=1S/C23H14N2O/c1-2-12-26-23-11-10-18-7-3-4-9-21(18)22(23)14-20(16-25)19-8-5-6-17(13-19)15-24/h1,3-11,13-14H,12H2/b20-14+. The van der Waals surface area contributed by atoms with E-state index in [9.17, 15) is 5.26 Å². The molecule has 0 N–H and O–H groups in total. The third kappa shape index (κ3) is 3.41. The number of terminal acetylenes is 1. The Balaban J connectivity index is 2.21. The van der Waals surface area contributed by atoms with Gasteiger partial charge in [0.15, 0.2) is 0 Å². The summed E-state index contributed by atoms with van der Waals surface area (Å²) in [6, 6.07) is 23.0. The lowest BCUT2D eigenvalue weighted by molar-refractivity contribution is 0.370. The monoisotopic (exact) mass is 334 g/mol. The van der Waals surface area contributed by atoms with Crippen LogP contribution in [0.1, 0.15) is 16.7 Å². The second-order valence-electron chi connectivity index (χ2n) is 5.55. The van der Waals surface area contributed by atoms with Crippen LogP contribution in [0, 0.1) is 35.0 Å². The molecule has 0 aromatic heterocycles. The Hall–Kier alpha value is -4.00. The second kappa shape index (κ2) is 7.71. The van der Waals surface area contributed by atoms with E-state index >= 15 is 0 Å². The van der Waals surface area contributed by atoms with Crippen LogP contribution in [0.4, 0.5) is 0 Å². The van der Waals surface area contributed by atoms with Crippen molar-refractivity contribution in [2.45, 2.75) is 0 Å². The largest absolute Gasteiger partial charge is 0.480 e. The molecule has 3 aromatic rings. The molecule has 0 heterocycles. The van der Waals surface area contributed by atoms with Crippen LogP contribution < -0.4 is 4.74 Å². The molecule has 0 aliphatic heterocycles. The minimum Gasteiger partial charge on any atom is -0.480 e. The molecule has 0 amide bonds. The highest BCUT2D eigenvalue weighted by atomic mass is 16.5. The average molecular weight is 334 g/mol. The summed E-state index contributed by atoms with van der Waals surface area (Å²) < 4.78 is 5.68. The SMILES string of the molecule is C#CCOc1ccc2ccccc2c1/C=C(\C#N)c1cccc(C#N)c1. The summed E-state index contributed by atoms with van der Waals surface area (Å²) in [4.78, 5) is 0. The van der Waals surface area contributed by atoms with Crippen molar-refractivity contribution >= 4 is 22.4 Å². The highest BCUT2D eigenvalue weighted by molar-refractivity contribution is 6.00. The molecule has 0 aliphatic rings. The number of ether oxygens (including phenoxy) is 1. The van der Waals surface area contributed by atoms with Crippen molar-refractivity contribution in [3.63, 3.8) is 0 Å². The number of rotatable bonds is 4. The van der Waals surface area contributed by atoms with Gasteiger partial charge in [-0.15, -0.1) is 6.42 Å². The topological polar surface area (TPSA) is 56.8 Å². The van der Waals surface area contributed by atoms with Gasteiger partial charge in [-0.1, -0.05) is 48.4 Å². The molecule has 0 fully saturated rings. The smallest absolute Gasteiger partial charge is 0.148 e. The summed E-state index contributed by atoms with van der Waals surface area (Å²) in [5, 5.41) is 20.8. The van der Waals surface area contributed by atoms with Crippen LogP contribution >= 0.6 is 0 Å². The lowest BCUT2D eigenvalue weighted by Crippen LogP contribution is -1.96. The lowest BCUT2D eigenvalue weighted by Gasteiger charge is -2.11. The molecule has 26 heavy (non-hydrogen) atoms. The van der Waals surface area contributed by atoms with Crippen molar-refractivity contribution in [3.05, 3.63) is 77.4 Å². The van der Waals surface area contributed by atoms with Crippen LogP contribution in [-0.2, 0) is 0 Å². The molecule has 0 atom stereocenters. The van der Waals surface area contributed by atoms with Gasteiger partial charge in [0.05, 0.1) is 23.3 Å². The van der Waals surface area contributed by atoms with Gasteiger partial charge < -0.3 is 4.74 Å². The van der Waals surface area contributed by atoms with Gasteiger partial charge >= 0.3 is 0 Å². The van der Waals surface area contributed by atoms with Gasteiger partial charge in [-0.05, 0) is 40.6 Å². The van der Waals surface area contributed by atoms with E-state index in [0.29, 0.717) is 22.4 Å². The Morgan fingerprint density at radius 2 is 1.88 bits per heavy atom. The molecular weight excluding hydrogens is 320 g/mol. The molecule has 122 valence electrons. The maximum absolute atomic E-state index is 9.67. The van der Waals surface area contributed by atoms with E-state index in [-0.39, 0.29) is 6.61 Å². The van der Waals surface area contributed by atoms with Crippen molar-refractivity contribution < 1.29 is 4.74 Å². The van der Waals surface area contributed by atoms with E-state index in [0.717, 1.165) is 16.3 Å². The van der Waals surface area contributed by atoms with Crippen molar-refractivity contribution in [2.75, 3.05) is 6.61 Å². The number of hydrogen-bond donors (Lipinski definition) is 0. The summed E-state index contributed by atoms with van der Waals surface area (Å²) in [6.07, 6.45) is 7.10. The zero-order valence-electron chi connectivity index (χ0n) is 13.9. The first-order valence-electron chi connectivity index (χ1n) is 7.97. The Labute approximate surface area is 152 Å². The van der Waals surface area contributed by atoms with E-state index < -0.39 is 0 Å². The van der Waals surface area contributed by atoms with Gasteiger partial charge in [-0.3, -0.25) is 0 Å². The maximum Gasteiger partial charge on any atom is 0.148 e. The van der Waals surface area contributed by atoms with E-state index in [2.05, 4.69) is 18.1 Å². The van der Waals surface area contributed by atoms with Gasteiger partial charge in [0, 0.05) is 5.56 Å². The normalized spacial score (nSPS) is 10.6. The highest BCUT2D eigenvalue weighted by Gasteiger charge is 2.10. The van der Waals surface area contributed by atoms with Gasteiger partial charge in [0.25, 0.3) is 0 Å². The molecule has 0 spiro atoms. The maximum atomic E-state index is 9.67. The molecule has 0 saturated heterocycles. The van der Waals surface area contributed by atoms with Crippen LogP contribution in [0.3, 0.4) is 0 Å². The minimum absolute atomic E-state index is 0.144. The van der Waals surface area contributed by atoms with E-state index in [1.165, 1.54) is 0 Å². The predicted molar refractivity (Wildman–Crippen MR) is 103 cm³/mol. The number of hydrogen-bond acceptors (Lipinski definition) is 3. The molecule has 3 heteroatoms. The summed E-state index contributed by atoms with van der Waals surface area (Å²) in [6.45, 7) is 0.144. The number of fused-ring (bicyclic) bond motifs is 1. The quantitative estimate of drug-likeness (QED) is 0.392. The van der Waals surface area contributed by atoms with Crippen LogP contribution in [0.15, 0.2) is 60.7 Å².